The molecule has 0 aromatic heterocycles. The molecule has 19 heavy (non-hydrogen) atoms. The van der Waals surface area contributed by atoms with Crippen molar-refractivity contribution in [3.8, 4) is 5.75 Å². The molecule has 0 aliphatic carbocycles. The van der Waals surface area contributed by atoms with Gasteiger partial charge >= 0.3 is 11.9 Å². The Balaban J connectivity index is 0.000000459. The molecule has 1 N–H and O–H groups in total. The third kappa shape index (κ3) is 9.17. The Kier molecular flexibility index (Phi) is 8.19. The van der Waals surface area contributed by atoms with E-state index in [0.29, 0.717) is 5.75 Å². The number of aliphatic carboxylic acids is 1. The van der Waals surface area contributed by atoms with E-state index in [1.165, 1.54) is 13.0 Å². The van der Waals surface area contributed by atoms with E-state index >= 15 is 0 Å². The van der Waals surface area contributed by atoms with Gasteiger partial charge in [0, 0.05) is 13.0 Å². The van der Waals surface area contributed by atoms with Crippen LogP contribution in [-0.2, 0) is 14.3 Å². The lowest BCUT2D eigenvalue weighted by atomic mass is 10.2. The molecule has 5 heteroatoms. The first-order chi connectivity index (χ1) is 8.99. The van der Waals surface area contributed by atoms with Gasteiger partial charge in [0.1, 0.15) is 5.75 Å². The molecule has 0 amide bonds. The SMILES string of the molecule is C=COC(C)=O.COc1cccc(C=CC(=O)O)c1. The molecule has 102 valence electrons. The first-order valence-corrected chi connectivity index (χ1v) is 5.32. The standard InChI is InChI=1S/C10H10O3.C4H6O2/c1-13-9-4-2-3-8(7-9)5-6-10(11)12;1-3-6-4(2)5/h2-7H,1H3,(H,11,12);3H,1H2,2H3. The minimum Gasteiger partial charge on any atom is -0.497 e. The molecule has 1 rings (SSSR count). The Labute approximate surface area is 111 Å². The van der Waals surface area contributed by atoms with Crippen molar-refractivity contribution in [3.05, 3.63) is 48.7 Å². The van der Waals surface area contributed by atoms with Crippen LogP contribution in [0.3, 0.4) is 0 Å². The highest BCUT2D eigenvalue weighted by Crippen LogP contribution is 2.13. The first-order valence-electron chi connectivity index (χ1n) is 5.32. The highest BCUT2D eigenvalue weighted by Gasteiger charge is 1.92. The van der Waals surface area contributed by atoms with Crippen molar-refractivity contribution in [2.75, 3.05) is 7.11 Å². The molecular formula is C14H16O5. The van der Waals surface area contributed by atoms with Crippen molar-refractivity contribution >= 4 is 18.0 Å². The number of carboxylic acid groups (broad SMARTS) is 1. The summed E-state index contributed by atoms with van der Waals surface area (Å²) in [5.41, 5.74) is 0.807. The third-order valence-corrected chi connectivity index (χ3v) is 1.76. The fourth-order valence-corrected chi connectivity index (χ4v) is 1.03. The molecule has 0 aliphatic heterocycles. The summed E-state index contributed by atoms with van der Waals surface area (Å²) in [6.07, 6.45) is 3.71. The van der Waals surface area contributed by atoms with Crippen molar-refractivity contribution in [3.63, 3.8) is 0 Å². The summed E-state index contributed by atoms with van der Waals surface area (Å²) in [7, 11) is 1.57. The van der Waals surface area contributed by atoms with E-state index in [-0.39, 0.29) is 5.97 Å². The van der Waals surface area contributed by atoms with Crippen LogP contribution in [-0.4, -0.2) is 24.2 Å². The predicted molar refractivity (Wildman–Crippen MR) is 71.6 cm³/mol. The molecule has 0 unspecified atom stereocenters. The lowest BCUT2D eigenvalue weighted by Gasteiger charge is -1.99. The van der Waals surface area contributed by atoms with Gasteiger partial charge in [-0.1, -0.05) is 18.7 Å². The van der Waals surface area contributed by atoms with Crippen LogP contribution < -0.4 is 4.74 Å². The van der Waals surface area contributed by atoms with Gasteiger partial charge < -0.3 is 14.6 Å². The fourth-order valence-electron chi connectivity index (χ4n) is 1.03. The summed E-state index contributed by atoms with van der Waals surface area (Å²) in [5.74, 6) is -0.569. The second kappa shape index (κ2) is 9.47. The van der Waals surface area contributed by atoms with E-state index in [0.717, 1.165) is 17.9 Å². The molecule has 0 saturated carbocycles. The van der Waals surface area contributed by atoms with Crippen LogP contribution in [0.4, 0.5) is 0 Å². The quantitative estimate of drug-likeness (QED) is 0.514. The minimum atomic E-state index is -0.956. The number of carboxylic acids is 1. The molecule has 0 fully saturated rings. The van der Waals surface area contributed by atoms with Crippen LogP contribution >= 0.6 is 0 Å². The number of methoxy groups -OCH3 is 1. The number of benzene rings is 1. The summed E-state index contributed by atoms with van der Waals surface area (Å²) >= 11 is 0. The lowest BCUT2D eigenvalue weighted by Crippen LogP contribution is -1.87. The Hall–Kier alpha value is -2.56. The monoisotopic (exact) mass is 264 g/mol. The van der Waals surface area contributed by atoms with Crippen molar-refractivity contribution in [1.82, 2.24) is 0 Å². The number of esters is 1. The molecule has 0 aliphatic rings. The van der Waals surface area contributed by atoms with Gasteiger partial charge in [-0.15, -0.1) is 0 Å². The molecule has 0 saturated heterocycles. The first kappa shape index (κ1) is 16.4. The summed E-state index contributed by atoms with van der Waals surface area (Å²) in [6, 6.07) is 7.18. The Morgan fingerprint density at radius 1 is 1.37 bits per heavy atom. The summed E-state index contributed by atoms with van der Waals surface area (Å²) < 4.78 is 9.15. The Morgan fingerprint density at radius 3 is 2.47 bits per heavy atom. The average molecular weight is 264 g/mol. The van der Waals surface area contributed by atoms with Gasteiger partial charge in [0.2, 0.25) is 0 Å². The van der Waals surface area contributed by atoms with Crippen LogP contribution in [0.15, 0.2) is 43.2 Å². The number of hydrogen-bond acceptors (Lipinski definition) is 4. The van der Waals surface area contributed by atoms with E-state index < -0.39 is 5.97 Å². The van der Waals surface area contributed by atoms with Crippen LogP contribution in [0.2, 0.25) is 0 Å². The van der Waals surface area contributed by atoms with Crippen LogP contribution in [0.5, 0.6) is 5.75 Å². The normalized spacial score (nSPS) is 9.16. The van der Waals surface area contributed by atoms with Gasteiger partial charge in [-0.3, -0.25) is 4.79 Å². The smallest absolute Gasteiger partial charge is 0.328 e. The molecule has 0 spiro atoms. The maximum atomic E-state index is 10.2. The van der Waals surface area contributed by atoms with E-state index in [2.05, 4.69) is 11.3 Å². The number of ether oxygens (including phenoxy) is 2. The van der Waals surface area contributed by atoms with Crippen LogP contribution in [0.1, 0.15) is 12.5 Å². The zero-order valence-electron chi connectivity index (χ0n) is 10.8. The number of hydrogen-bond donors (Lipinski definition) is 1. The number of rotatable bonds is 4. The number of carbonyl (C=O) groups is 2. The maximum absolute atomic E-state index is 10.2. The highest BCUT2D eigenvalue weighted by molar-refractivity contribution is 5.85. The van der Waals surface area contributed by atoms with Crippen LogP contribution in [0.25, 0.3) is 6.08 Å². The molecular weight excluding hydrogens is 248 g/mol. The molecule has 0 heterocycles. The minimum absolute atomic E-state index is 0.329. The maximum Gasteiger partial charge on any atom is 0.328 e. The Bertz CT molecular complexity index is 463. The fraction of sp³-hybridized carbons (Fsp3) is 0.143. The van der Waals surface area contributed by atoms with Gasteiger partial charge in [0.05, 0.1) is 13.4 Å². The summed E-state index contributed by atoms with van der Waals surface area (Å²) in [5, 5.41) is 8.38. The molecule has 0 bridgehead atoms. The van der Waals surface area contributed by atoms with E-state index in [1.807, 2.05) is 6.07 Å². The topological polar surface area (TPSA) is 72.8 Å². The molecule has 0 radical (unpaired) electrons. The van der Waals surface area contributed by atoms with Gasteiger partial charge in [-0.25, -0.2) is 4.79 Å². The number of carbonyl (C=O) groups excluding carboxylic acids is 1. The lowest BCUT2D eigenvalue weighted by molar-refractivity contribution is -0.135. The van der Waals surface area contributed by atoms with Crippen molar-refractivity contribution < 1.29 is 24.2 Å². The largest absolute Gasteiger partial charge is 0.497 e. The average Bonchev–Trinajstić information content (AvgIpc) is 2.37. The predicted octanol–water partition coefficient (Wildman–Crippen LogP) is 2.49. The highest BCUT2D eigenvalue weighted by atomic mass is 16.5. The van der Waals surface area contributed by atoms with E-state index in [1.54, 1.807) is 25.3 Å². The van der Waals surface area contributed by atoms with Crippen molar-refractivity contribution in [2.24, 2.45) is 0 Å². The van der Waals surface area contributed by atoms with Gasteiger partial charge in [-0.05, 0) is 23.8 Å². The summed E-state index contributed by atoms with van der Waals surface area (Å²) in [4.78, 5) is 20.0. The second-order valence-corrected chi connectivity index (χ2v) is 3.22. The van der Waals surface area contributed by atoms with Crippen molar-refractivity contribution in [1.29, 1.82) is 0 Å². The molecule has 1 aromatic rings. The Morgan fingerprint density at radius 2 is 2.05 bits per heavy atom. The van der Waals surface area contributed by atoms with E-state index in [9.17, 15) is 9.59 Å². The second-order valence-electron chi connectivity index (χ2n) is 3.22. The molecule has 0 atom stereocenters. The summed E-state index contributed by atoms with van der Waals surface area (Å²) in [6.45, 7) is 4.48. The van der Waals surface area contributed by atoms with Gasteiger partial charge in [0.15, 0.2) is 0 Å². The van der Waals surface area contributed by atoms with E-state index in [4.69, 9.17) is 9.84 Å². The van der Waals surface area contributed by atoms with Gasteiger partial charge in [0.25, 0.3) is 0 Å². The molecule has 5 nitrogen and oxygen atoms in total. The molecule has 1 aromatic carbocycles. The zero-order valence-corrected chi connectivity index (χ0v) is 10.8. The third-order valence-electron chi connectivity index (χ3n) is 1.76. The van der Waals surface area contributed by atoms with Crippen LogP contribution in [0, 0.1) is 0 Å². The van der Waals surface area contributed by atoms with Crippen molar-refractivity contribution in [2.45, 2.75) is 6.92 Å². The van der Waals surface area contributed by atoms with Gasteiger partial charge in [-0.2, -0.15) is 0 Å². The zero-order chi connectivity index (χ0) is 14.7.